The second-order valence-electron chi connectivity index (χ2n) is 6.60. The van der Waals surface area contributed by atoms with Gasteiger partial charge in [-0.1, -0.05) is 24.3 Å². The second kappa shape index (κ2) is 5.69. The van der Waals surface area contributed by atoms with Gasteiger partial charge in [0.2, 0.25) is 0 Å². The van der Waals surface area contributed by atoms with E-state index in [-0.39, 0.29) is 0 Å². The number of hydrogen-bond donors (Lipinski definition) is 1. The molecule has 114 valence electrons. The van der Waals surface area contributed by atoms with Crippen LogP contribution in [0, 0.1) is 17.8 Å². The third-order valence-electron chi connectivity index (χ3n) is 5.18. The number of benzene rings is 1. The lowest BCUT2D eigenvalue weighted by atomic mass is 9.93. The van der Waals surface area contributed by atoms with Crippen LogP contribution in [0.25, 0.3) is 5.69 Å². The molecular weight excluding hydrogens is 272 g/mol. The lowest BCUT2D eigenvalue weighted by Gasteiger charge is -2.22. The summed E-state index contributed by atoms with van der Waals surface area (Å²) in [7, 11) is 0. The van der Waals surface area contributed by atoms with Crippen LogP contribution in [0.1, 0.15) is 31.4 Å². The normalized spacial score (nSPS) is 27.4. The zero-order chi connectivity index (χ0) is 14.9. The first kappa shape index (κ1) is 13.7. The van der Waals surface area contributed by atoms with Crippen molar-refractivity contribution in [2.45, 2.75) is 25.8 Å². The van der Waals surface area contributed by atoms with Crippen LogP contribution in [0.4, 0.5) is 0 Å². The fraction of sp³-hybridized carbons (Fsp3) is 0.444. The van der Waals surface area contributed by atoms with E-state index < -0.39 is 0 Å². The highest BCUT2D eigenvalue weighted by molar-refractivity contribution is 5.34. The number of nitrogens with zero attached hydrogens (tertiary/aromatic N) is 3. The van der Waals surface area contributed by atoms with E-state index in [1.54, 1.807) is 17.3 Å². The molecule has 4 heteroatoms. The van der Waals surface area contributed by atoms with Crippen molar-refractivity contribution in [1.29, 1.82) is 0 Å². The number of hydrogen-bond acceptors (Lipinski definition) is 3. The van der Waals surface area contributed by atoms with E-state index in [9.17, 15) is 0 Å². The Morgan fingerprint density at radius 1 is 1.23 bits per heavy atom. The number of aromatic nitrogens is 3. The molecule has 2 aromatic rings. The largest absolute Gasteiger partial charge is 0.310 e. The van der Waals surface area contributed by atoms with Crippen LogP contribution < -0.4 is 5.32 Å². The van der Waals surface area contributed by atoms with E-state index in [2.05, 4.69) is 58.7 Å². The van der Waals surface area contributed by atoms with Crippen molar-refractivity contribution < 1.29 is 0 Å². The van der Waals surface area contributed by atoms with Gasteiger partial charge in [0.15, 0.2) is 0 Å². The molecule has 0 aliphatic heterocycles. The topological polar surface area (TPSA) is 42.7 Å². The van der Waals surface area contributed by atoms with Crippen molar-refractivity contribution in [3.05, 3.63) is 54.6 Å². The molecule has 0 amide bonds. The van der Waals surface area contributed by atoms with E-state index in [4.69, 9.17) is 0 Å². The molecular formula is C18H22N4. The van der Waals surface area contributed by atoms with Gasteiger partial charge in [0, 0.05) is 6.04 Å². The Bertz CT molecular complexity index is 644. The molecule has 1 aromatic carbocycles. The fourth-order valence-corrected chi connectivity index (χ4v) is 3.83. The summed E-state index contributed by atoms with van der Waals surface area (Å²) in [5.74, 6) is 2.50. The van der Waals surface area contributed by atoms with Gasteiger partial charge in [-0.3, -0.25) is 0 Å². The first-order valence-corrected chi connectivity index (χ1v) is 8.16. The molecule has 1 fully saturated rings. The molecule has 2 aliphatic carbocycles. The SMILES string of the molecule is CC(NCC1CC2C=CC1C2)c1ccc(-n2cncn2)cc1. The lowest BCUT2D eigenvalue weighted by molar-refractivity contribution is 0.393. The molecule has 4 atom stereocenters. The molecule has 0 saturated heterocycles. The van der Waals surface area contributed by atoms with Crippen molar-refractivity contribution in [1.82, 2.24) is 20.1 Å². The molecule has 0 spiro atoms. The van der Waals surface area contributed by atoms with Crippen LogP contribution >= 0.6 is 0 Å². The zero-order valence-corrected chi connectivity index (χ0v) is 12.9. The molecule has 2 aliphatic rings. The first-order chi connectivity index (χ1) is 10.8. The number of fused-ring (bicyclic) bond motifs is 2. The minimum absolute atomic E-state index is 0.382. The monoisotopic (exact) mass is 294 g/mol. The lowest BCUT2D eigenvalue weighted by Crippen LogP contribution is -2.27. The van der Waals surface area contributed by atoms with Crippen molar-refractivity contribution in [2.24, 2.45) is 17.8 Å². The summed E-state index contributed by atoms with van der Waals surface area (Å²) < 4.78 is 1.78. The van der Waals surface area contributed by atoms with E-state index in [1.165, 1.54) is 18.4 Å². The molecule has 22 heavy (non-hydrogen) atoms. The van der Waals surface area contributed by atoms with Gasteiger partial charge in [-0.2, -0.15) is 5.10 Å². The maximum absolute atomic E-state index is 4.15. The standard InChI is InChI=1S/C18H22N4/c1-13(20-10-17-9-14-2-3-16(17)8-14)15-4-6-18(7-5-15)22-12-19-11-21-22/h2-7,11-14,16-17,20H,8-10H2,1H3. The summed E-state index contributed by atoms with van der Waals surface area (Å²) in [6.45, 7) is 3.37. The van der Waals surface area contributed by atoms with Gasteiger partial charge in [0.05, 0.1) is 5.69 Å². The summed E-state index contributed by atoms with van der Waals surface area (Å²) in [6.07, 6.45) is 10.9. The van der Waals surface area contributed by atoms with Crippen LogP contribution in [-0.2, 0) is 0 Å². The van der Waals surface area contributed by atoms with Crippen LogP contribution in [0.15, 0.2) is 49.1 Å². The highest BCUT2D eigenvalue weighted by Gasteiger charge is 2.35. The van der Waals surface area contributed by atoms with E-state index in [0.29, 0.717) is 6.04 Å². The predicted octanol–water partition coefficient (Wildman–Crippen LogP) is 3.13. The summed E-state index contributed by atoms with van der Waals surface area (Å²) >= 11 is 0. The van der Waals surface area contributed by atoms with Crippen LogP contribution in [0.2, 0.25) is 0 Å². The fourth-order valence-electron chi connectivity index (χ4n) is 3.83. The Hall–Kier alpha value is -1.94. The summed E-state index contributed by atoms with van der Waals surface area (Å²) in [5, 5.41) is 7.87. The highest BCUT2D eigenvalue weighted by atomic mass is 15.3. The Balaban J connectivity index is 1.36. The smallest absolute Gasteiger partial charge is 0.138 e. The summed E-state index contributed by atoms with van der Waals surface area (Å²) in [6, 6.07) is 8.93. The highest BCUT2D eigenvalue weighted by Crippen LogP contribution is 2.43. The van der Waals surface area contributed by atoms with E-state index in [1.807, 2.05) is 0 Å². The maximum Gasteiger partial charge on any atom is 0.138 e. The van der Waals surface area contributed by atoms with Crippen molar-refractivity contribution >= 4 is 0 Å². The molecule has 4 rings (SSSR count). The summed E-state index contributed by atoms with van der Waals surface area (Å²) in [5.41, 5.74) is 2.37. The Morgan fingerprint density at radius 3 is 2.73 bits per heavy atom. The average molecular weight is 294 g/mol. The van der Waals surface area contributed by atoms with E-state index >= 15 is 0 Å². The second-order valence-corrected chi connectivity index (χ2v) is 6.60. The van der Waals surface area contributed by atoms with Crippen LogP contribution in [0.5, 0.6) is 0 Å². The molecule has 4 nitrogen and oxygen atoms in total. The van der Waals surface area contributed by atoms with Gasteiger partial charge in [0.1, 0.15) is 12.7 Å². The number of rotatable bonds is 5. The molecule has 2 bridgehead atoms. The molecule has 0 radical (unpaired) electrons. The van der Waals surface area contributed by atoms with Crippen molar-refractivity contribution in [3.8, 4) is 5.69 Å². The van der Waals surface area contributed by atoms with Crippen molar-refractivity contribution in [3.63, 3.8) is 0 Å². The number of allylic oxidation sites excluding steroid dienone is 2. The van der Waals surface area contributed by atoms with Crippen LogP contribution in [-0.4, -0.2) is 21.3 Å². The number of nitrogens with one attached hydrogen (secondary N) is 1. The Morgan fingerprint density at radius 2 is 2.09 bits per heavy atom. The summed E-state index contributed by atoms with van der Waals surface area (Å²) in [4.78, 5) is 3.98. The Labute approximate surface area is 131 Å². The minimum Gasteiger partial charge on any atom is -0.310 e. The molecule has 1 saturated carbocycles. The van der Waals surface area contributed by atoms with Gasteiger partial charge in [-0.15, -0.1) is 0 Å². The van der Waals surface area contributed by atoms with Gasteiger partial charge in [-0.05, 0) is 61.8 Å². The van der Waals surface area contributed by atoms with Gasteiger partial charge in [0.25, 0.3) is 0 Å². The third kappa shape index (κ3) is 2.59. The quantitative estimate of drug-likeness (QED) is 0.862. The molecule has 1 N–H and O–H groups in total. The van der Waals surface area contributed by atoms with Gasteiger partial charge in [-0.25, -0.2) is 9.67 Å². The average Bonchev–Trinajstić information content (AvgIpc) is 3.29. The predicted molar refractivity (Wildman–Crippen MR) is 86.6 cm³/mol. The van der Waals surface area contributed by atoms with Crippen LogP contribution in [0.3, 0.4) is 0 Å². The first-order valence-electron chi connectivity index (χ1n) is 8.16. The third-order valence-corrected chi connectivity index (χ3v) is 5.18. The van der Waals surface area contributed by atoms with Gasteiger partial charge >= 0.3 is 0 Å². The van der Waals surface area contributed by atoms with E-state index in [0.717, 1.165) is 30.0 Å². The molecule has 4 unspecified atom stereocenters. The Kier molecular flexibility index (Phi) is 3.54. The molecule has 1 aromatic heterocycles. The maximum atomic E-state index is 4.15. The minimum atomic E-state index is 0.382. The van der Waals surface area contributed by atoms with Crippen molar-refractivity contribution in [2.75, 3.05) is 6.54 Å². The van der Waals surface area contributed by atoms with Gasteiger partial charge < -0.3 is 5.32 Å². The molecule has 1 heterocycles. The zero-order valence-electron chi connectivity index (χ0n) is 12.9.